The van der Waals surface area contributed by atoms with Gasteiger partial charge in [-0.15, -0.1) is 23.2 Å². The van der Waals surface area contributed by atoms with Crippen LogP contribution in [0.15, 0.2) is 109 Å². The first-order valence-corrected chi connectivity index (χ1v) is 17.7. The number of ether oxygens (including phenoxy) is 2. The van der Waals surface area contributed by atoms with Crippen LogP contribution < -0.4 is 24.6 Å². The molecule has 0 spiro atoms. The van der Waals surface area contributed by atoms with Gasteiger partial charge in [0.2, 0.25) is 11.1 Å². The summed E-state index contributed by atoms with van der Waals surface area (Å²) in [7, 11) is 0. The zero-order valence-electron chi connectivity index (χ0n) is 27.5. The Labute approximate surface area is 304 Å². The molecule has 0 saturated carbocycles. The van der Waals surface area contributed by atoms with Crippen LogP contribution in [0.1, 0.15) is 11.1 Å². The quantitative estimate of drug-likeness (QED) is 0.142. The molecular weight excluding hydrogens is 683 g/mol. The molecule has 2 aliphatic rings. The number of benzene rings is 4. The molecule has 6 rings (SSSR count). The lowest BCUT2D eigenvalue weighted by Crippen LogP contribution is -2.49. The van der Waals surface area contributed by atoms with Crippen LogP contribution in [0.4, 0.5) is 11.4 Å². The summed E-state index contributed by atoms with van der Waals surface area (Å²) in [6, 6.07) is 36.9. The lowest BCUT2D eigenvalue weighted by atomic mass is 10.2. The van der Waals surface area contributed by atoms with Crippen molar-refractivity contribution in [2.75, 3.05) is 73.9 Å². The number of nitrogens with one attached hydrogen (secondary N) is 1. The number of piperazine rings is 2. The molecule has 4 aromatic rings. The number of hydrogen-bond donors (Lipinski definition) is 1. The van der Waals surface area contributed by atoms with Gasteiger partial charge in [-0.2, -0.15) is 0 Å². The number of halogens is 3. The molecule has 1 N–H and O–H groups in total. The SMILES string of the molecule is O=C(CCl)N1CCN(c2ccc(OCc3ccccc3)cc2)CC1.O=C(Cl)CCl.c1ccc(COc2ccc(N3CCNCC3)cc2)cc1. The Morgan fingerprint density at radius 2 is 0.980 bits per heavy atom. The van der Waals surface area contributed by atoms with Crippen molar-refractivity contribution in [1.82, 2.24) is 10.2 Å². The van der Waals surface area contributed by atoms with Gasteiger partial charge in [-0.05, 0) is 71.3 Å². The maximum atomic E-state index is 11.6. The molecule has 0 atom stereocenters. The van der Waals surface area contributed by atoms with E-state index < -0.39 is 5.24 Å². The van der Waals surface area contributed by atoms with Crippen LogP contribution in [0, 0.1) is 0 Å². The van der Waals surface area contributed by atoms with Crippen LogP contribution in [-0.4, -0.2) is 80.2 Å². The molecule has 260 valence electrons. The predicted octanol–water partition coefficient (Wildman–Crippen LogP) is 6.82. The molecule has 8 nitrogen and oxygen atoms in total. The maximum Gasteiger partial charge on any atom is 0.237 e. The second kappa shape index (κ2) is 21.2. The van der Waals surface area contributed by atoms with Crippen molar-refractivity contribution in [3.63, 3.8) is 0 Å². The number of rotatable bonds is 10. The number of hydrogen-bond acceptors (Lipinski definition) is 7. The Kier molecular flexibility index (Phi) is 16.4. The Morgan fingerprint density at radius 1 is 0.571 bits per heavy atom. The third-order valence-corrected chi connectivity index (χ3v) is 8.61. The van der Waals surface area contributed by atoms with Gasteiger partial charge in [0.15, 0.2) is 0 Å². The molecule has 0 radical (unpaired) electrons. The zero-order chi connectivity index (χ0) is 34.7. The third-order valence-electron chi connectivity index (χ3n) is 7.87. The van der Waals surface area contributed by atoms with E-state index in [1.54, 1.807) is 0 Å². The lowest BCUT2D eigenvalue weighted by molar-refractivity contribution is -0.128. The first-order valence-electron chi connectivity index (χ1n) is 16.3. The standard InChI is InChI=1S/C19H21ClN2O2.C17H20N2O.C2H2Cl2O/c20-14-19(23)22-12-10-21(11-13-22)17-6-8-18(9-7-17)24-15-16-4-2-1-3-5-16;1-2-4-15(5-3-1)14-20-17-8-6-16(7-9-17)19-12-10-18-11-13-19;3-1-2(4)5/h1-9H,10-15H2;1-9,18H,10-14H2;1H2. The molecule has 1 amide bonds. The average Bonchev–Trinajstić information content (AvgIpc) is 3.18. The van der Waals surface area contributed by atoms with Gasteiger partial charge < -0.3 is 29.5 Å². The van der Waals surface area contributed by atoms with E-state index in [-0.39, 0.29) is 17.7 Å². The van der Waals surface area contributed by atoms with E-state index in [0.29, 0.717) is 13.2 Å². The summed E-state index contributed by atoms with van der Waals surface area (Å²) >= 11 is 15.2. The summed E-state index contributed by atoms with van der Waals surface area (Å²) in [5.74, 6) is 1.77. The molecule has 0 bridgehead atoms. The number of carbonyl (C=O) groups is 2. The van der Waals surface area contributed by atoms with Gasteiger partial charge in [-0.1, -0.05) is 60.7 Å². The van der Waals surface area contributed by atoms with Crippen molar-refractivity contribution in [3.05, 3.63) is 120 Å². The minimum absolute atomic E-state index is 0.0148. The fraction of sp³-hybridized carbons (Fsp3) is 0.316. The number of amides is 1. The van der Waals surface area contributed by atoms with Gasteiger partial charge in [0.05, 0.1) is 5.88 Å². The van der Waals surface area contributed by atoms with E-state index >= 15 is 0 Å². The van der Waals surface area contributed by atoms with Gasteiger partial charge in [-0.3, -0.25) is 9.59 Å². The molecule has 0 unspecified atom stereocenters. The smallest absolute Gasteiger partial charge is 0.237 e. The Balaban J connectivity index is 0.000000197. The van der Waals surface area contributed by atoms with Crippen molar-refractivity contribution >= 4 is 57.3 Å². The molecular formula is C38H43Cl3N4O4. The Bertz CT molecular complexity index is 1520. The van der Waals surface area contributed by atoms with Crippen LogP contribution in [0.5, 0.6) is 11.5 Å². The van der Waals surface area contributed by atoms with Crippen molar-refractivity contribution in [1.29, 1.82) is 0 Å². The number of nitrogens with zero attached hydrogens (tertiary/aromatic N) is 3. The summed E-state index contributed by atoms with van der Waals surface area (Å²) in [4.78, 5) is 27.5. The van der Waals surface area contributed by atoms with Crippen molar-refractivity contribution in [2.45, 2.75) is 13.2 Å². The fourth-order valence-electron chi connectivity index (χ4n) is 5.21. The molecule has 11 heteroatoms. The third kappa shape index (κ3) is 13.5. The van der Waals surface area contributed by atoms with Gasteiger partial charge in [0, 0.05) is 63.7 Å². The number of anilines is 2. The van der Waals surface area contributed by atoms with Crippen LogP contribution in [0.3, 0.4) is 0 Å². The highest BCUT2D eigenvalue weighted by atomic mass is 35.5. The summed E-state index contributed by atoms with van der Waals surface area (Å²) in [5, 5.41) is 2.86. The summed E-state index contributed by atoms with van der Waals surface area (Å²) in [5.41, 5.74) is 4.78. The van der Waals surface area contributed by atoms with E-state index in [1.807, 2.05) is 53.4 Å². The fourth-order valence-corrected chi connectivity index (χ4v) is 5.38. The highest BCUT2D eigenvalue weighted by Crippen LogP contribution is 2.22. The normalized spacial score (nSPS) is 14.1. The first kappa shape index (κ1) is 37.9. The van der Waals surface area contributed by atoms with E-state index in [1.165, 1.54) is 11.3 Å². The molecule has 0 aromatic heterocycles. The lowest BCUT2D eigenvalue weighted by Gasteiger charge is -2.35. The summed E-state index contributed by atoms with van der Waals surface area (Å²) < 4.78 is 11.6. The molecule has 4 aromatic carbocycles. The highest BCUT2D eigenvalue weighted by Gasteiger charge is 2.20. The molecule has 2 heterocycles. The predicted molar refractivity (Wildman–Crippen MR) is 201 cm³/mol. The Morgan fingerprint density at radius 3 is 1.37 bits per heavy atom. The van der Waals surface area contributed by atoms with E-state index in [2.05, 4.69) is 75.8 Å². The molecule has 2 fully saturated rings. The molecule has 0 aliphatic carbocycles. The zero-order valence-corrected chi connectivity index (χ0v) is 29.8. The molecule has 2 aliphatic heterocycles. The van der Waals surface area contributed by atoms with Gasteiger partial charge in [0.1, 0.15) is 30.6 Å². The maximum absolute atomic E-state index is 11.6. The average molecular weight is 726 g/mol. The van der Waals surface area contributed by atoms with Gasteiger partial charge in [0.25, 0.3) is 0 Å². The Hall–Kier alpha value is -3.95. The second-order valence-corrected chi connectivity index (χ2v) is 12.2. The van der Waals surface area contributed by atoms with E-state index in [0.717, 1.165) is 75.1 Å². The van der Waals surface area contributed by atoms with Crippen LogP contribution in [-0.2, 0) is 22.8 Å². The topological polar surface area (TPSA) is 74.3 Å². The minimum atomic E-state index is -0.508. The summed E-state index contributed by atoms with van der Waals surface area (Å²) in [6.45, 7) is 8.55. The van der Waals surface area contributed by atoms with Crippen LogP contribution >= 0.6 is 34.8 Å². The van der Waals surface area contributed by atoms with E-state index in [4.69, 9.17) is 44.3 Å². The molecule has 2 saturated heterocycles. The van der Waals surface area contributed by atoms with Crippen molar-refractivity contribution in [3.8, 4) is 11.5 Å². The van der Waals surface area contributed by atoms with Gasteiger partial charge in [-0.25, -0.2) is 0 Å². The second-order valence-electron chi connectivity index (χ2n) is 11.3. The van der Waals surface area contributed by atoms with Crippen molar-refractivity contribution < 1.29 is 19.1 Å². The molecule has 49 heavy (non-hydrogen) atoms. The number of alkyl halides is 2. The first-order chi connectivity index (χ1) is 23.9. The van der Waals surface area contributed by atoms with Crippen LogP contribution in [0.25, 0.3) is 0 Å². The van der Waals surface area contributed by atoms with E-state index in [9.17, 15) is 9.59 Å². The minimum Gasteiger partial charge on any atom is -0.489 e. The largest absolute Gasteiger partial charge is 0.489 e. The van der Waals surface area contributed by atoms with Crippen molar-refractivity contribution in [2.24, 2.45) is 0 Å². The van der Waals surface area contributed by atoms with Gasteiger partial charge >= 0.3 is 0 Å². The monoisotopic (exact) mass is 724 g/mol. The highest BCUT2D eigenvalue weighted by molar-refractivity contribution is 6.67. The summed E-state index contributed by atoms with van der Waals surface area (Å²) in [6.07, 6.45) is 0. The number of carbonyl (C=O) groups excluding carboxylic acids is 2. The van der Waals surface area contributed by atoms with Crippen LogP contribution in [0.2, 0.25) is 0 Å².